The van der Waals surface area contributed by atoms with Crippen LogP contribution in [0.25, 0.3) is 11.0 Å². The van der Waals surface area contributed by atoms with E-state index in [1.54, 1.807) is 18.2 Å². The molecule has 0 radical (unpaired) electrons. The fourth-order valence-corrected chi connectivity index (χ4v) is 3.70. The van der Waals surface area contributed by atoms with E-state index in [-0.39, 0.29) is 35.4 Å². The molecule has 29 heavy (non-hydrogen) atoms. The van der Waals surface area contributed by atoms with Gasteiger partial charge < -0.3 is 23.9 Å². The maximum absolute atomic E-state index is 13.7. The molecule has 8 heteroatoms. The first kappa shape index (κ1) is 18.9. The summed E-state index contributed by atoms with van der Waals surface area (Å²) in [5.74, 6) is -0.295. The van der Waals surface area contributed by atoms with Crippen LogP contribution in [0.3, 0.4) is 0 Å². The molecule has 3 aromatic rings. The van der Waals surface area contributed by atoms with E-state index in [1.165, 1.54) is 25.2 Å². The van der Waals surface area contributed by atoms with Gasteiger partial charge in [0.05, 0.1) is 37.8 Å². The van der Waals surface area contributed by atoms with Crippen LogP contribution in [0.1, 0.15) is 27.7 Å². The van der Waals surface area contributed by atoms with Gasteiger partial charge in [-0.2, -0.15) is 0 Å². The summed E-state index contributed by atoms with van der Waals surface area (Å²) < 4.78 is 30.0. The van der Waals surface area contributed by atoms with Gasteiger partial charge in [-0.25, -0.2) is 4.39 Å². The molecule has 2 aromatic carbocycles. The zero-order valence-electron chi connectivity index (χ0n) is 15.8. The summed E-state index contributed by atoms with van der Waals surface area (Å²) in [6.07, 6.45) is 0. The third-order valence-electron chi connectivity index (χ3n) is 4.99. The van der Waals surface area contributed by atoms with Crippen LogP contribution < -0.4 is 14.9 Å². The molecule has 4 rings (SSSR count). The highest BCUT2D eigenvalue weighted by atomic mass is 19.1. The smallest absolute Gasteiger partial charge is 0.290 e. The second-order valence-electron chi connectivity index (χ2n) is 6.55. The van der Waals surface area contributed by atoms with Crippen LogP contribution in [0, 0.1) is 5.82 Å². The summed E-state index contributed by atoms with van der Waals surface area (Å²) in [6.45, 7) is -0.307. The minimum atomic E-state index is -0.812. The fourth-order valence-electron chi connectivity index (χ4n) is 3.70. The molecule has 1 N–H and O–H groups in total. The highest BCUT2D eigenvalue weighted by molar-refractivity contribution is 5.99. The van der Waals surface area contributed by atoms with Crippen molar-refractivity contribution in [3.05, 3.63) is 69.3 Å². The molecule has 7 nitrogen and oxygen atoms in total. The Morgan fingerprint density at radius 2 is 1.86 bits per heavy atom. The number of fused-ring (bicyclic) bond motifs is 2. The largest absolute Gasteiger partial charge is 0.493 e. The SMILES string of the molecule is COc1ccc(C2c3c(oc4ccc(F)cc4c3=O)C(=O)N2CCO)cc1OC. The molecule has 1 atom stereocenters. The molecule has 0 bridgehead atoms. The van der Waals surface area contributed by atoms with Crippen molar-refractivity contribution >= 4 is 16.9 Å². The van der Waals surface area contributed by atoms with E-state index in [2.05, 4.69) is 0 Å². The third kappa shape index (κ3) is 2.92. The predicted molar refractivity (Wildman–Crippen MR) is 102 cm³/mol. The van der Waals surface area contributed by atoms with Crippen LogP contribution in [0.2, 0.25) is 0 Å². The normalized spacial score (nSPS) is 15.7. The minimum absolute atomic E-state index is 0.00775. The van der Waals surface area contributed by atoms with Crippen molar-refractivity contribution in [2.75, 3.05) is 27.4 Å². The summed E-state index contributed by atoms with van der Waals surface area (Å²) >= 11 is 0. The van der Waals surface area contributed by atoms with Crippen molar-refractivity contribution in [2.24, 2.45) is 0 Å². The lowest BCUT2D eigenvalue weighted by molar-refractivity contribution is 0.0691. The highest BCUT2D eigenvalue weighted by Crippen LogP contribution is 2.40. The molecular weight excluding hydrogens is 381 g/mol. The van der Waals surface area contributed by atoms with Crippen molar-refractivity contribution in [3.63, 3.8) is 0 Å². The molecule has 0 fully saturated rings. The van der Waals surface area contributed by atoms with Gasteiger partial charge in [-0.3, -0.25) is 9.59 Å². The molecule has 1 aliphatic rings. The first-order valence-electron chi connectivity index (χ1n) is 8.90. The van der Waals surface area contributed by atoms with Gasteiger partial charge in [-0.1, -0.05) is 6.07 Å². The Bertz CT molecular complexity index is 1170. The Morgan fingerprint density at radius 3 is 2.55 bits per heavy atom. The number of amides is 1. The topological polar surface area (TPSA) is 89.2 Å². The number of β-amino-alcohol motifs (C(OH)–C–C–N with tert-alkyl or cyclic N) is 1. The summed E-state index contributed by atoms with van der Waals surface area (Å²) in [5, 5.41) is 9.52. The molecule has 1 amide bonds. The Kier molecular flexibility index (Phi) is 4.71. The molecule has 1 aromatic heterocycles. The lowest BCUT2D eigenvalue weighted by Crippen LogP contribution is -2.32. The van der Waals surface area contributed by atoms with Crippen molar-refractivity contribution < 1.29 is 28.2 Å². The van der Waals surface area contributed by atoms with Crippen molar-refractivity contribution in [1.29, 1.82) is 0 Å². The number of nitrogens with zero attached hydrogens (tertiary/aromatic N) is 1. The van der Waals surface area contributed by atoms with Crippen LogP contribution in [-0.2, 0) is 0 Å². The molecule has 0 saturated heterocycles. The number of halogens is 1. The number of aliphatic hydroxyl groups is 1. The Hall–Kier alpha value is -3.39. The van der Waals surface area contributed by atoms with Crippen LogP contribution in [0.5, 0.6) is 11.5 Å². The zero-order valence-corrected chi connectivity index (χ0v) is 15.8. The van der Waals surface area contributed by atoms with Gasteiger partial charge in [0.1, 0.15) is 11.4 Å². The second kappa shape index (κ2) is 7.21. The van der Waals surface area contributed by atoms with Crippen molar-refractivity contribution in [1.82, 2.24) is 4.90 Å². The van der Waals surface area contributed by atoms with Gasteiger partial charge in [-0.15, -0.1) is 0 Å². The summed E-state index contributed by atoms with van der Waals surface area (Å²) in [4.78, 5) is 27.5. The first-order chi connectivity index (χ1) is 14.0. The number of hydrogen-bond donors (Lipinski definition) is 1. The fraction of sp³-hybridized carbons (Fsp3) is 0.238. The summed E-state index contributed by atoms with van der Waals surface area (Å²) in [5.41, 5.74) is 0.315. The van der Waals surface area contributed by atoms with E-state index in [0.717, 1.165) is 12.1 Å². The number of aliphatic hydroxyl groups excluding tert-OH is 1. The van der Waals surface area contributed by atoms with Crippen LogP contribution in [0.15, 0.2) is 45.6 Å². The number of ether oxygens (including phenoxy) is 2. The van der Waals surface area contributed by atoms with Gasteiger partial charge in [0.2, 0.25) is 5.76 Å². The van der Waals surface area contributed by atoms with Crippen molar-refractivity contribution in [3.8, 4) is 11.5 Å². The van der Waals surface area contributed by atoms with Crippen molar-refractivity contribution in [2.45, 2.75) is 6.04 Å². The van der Waals surface area contributed by atoms with Gasteiger partial charge in [0.15, 0.2) is 16.9 Å². The number of carbonyl (C=O) groups is 1. The number of hydrogen-bond acceptors (Lipinski definition) is 6. The molecule has 150 valence electrons. The van der Waals surface area contributed by atoms with Crippen LogP contribution >= 0.6 is 0 Å². The Labute approximate surface area is 164 Å². The minimum Gasteiger partial charge on any atom is -0.493 e. The van der Waals surface area contributed by atoms with E-state index in [1.807, 2.05) is 0 Å². The van der Waals surface area contributed by atoms with Gasteiger partial charge in [0.25, 0.3) is 5.91 Å². The van der Waals surface area contributed by atoms with Gasteiger partial charge >= 0.3 is 0 Å². The van der Waals surface area contributed by atoms with E-state index in [9.17, 15) is 19.1 Å². The molecular formula is C21H18FNO6. The lowest BCUT2D eigenvalue weighted by atomic mass is 9.98. The van der Waals surface area contributed by atoms with Crippen LogP contribution in [0.4, 0.5) is 4.39 Å². The van der Waals surface area contributed by atoms with Gasteiger partial charge in [0, 0.05) is 6.54 Å². The second-order valence-corrected chi connectivity index (χ2v) is 6.55. The van der Waals surface area contributed by atoms with E-state index in [0.29, 0.717) is 17.1 Å². The average molecular weight is 399 g/mol. The average Bonchev–Trinajstić information content (AvgIpc) is 3.00. The number of rotatable bonds is 5. The first-order valence-corrected chi connectivity index (χ1v) is 8.90. The van der Waals surface area contributed by atoms with E-state index in [4.69, 9.17) is 13.9 Å². The summed E-state index contributed by atoms with van der Waals surface area (Å²) in [7, 11) is 2.98. The zero-order chi connectivity index (χ0) is 20.7. The Morgan fingerprint density at radius 1 is 1.10 bits per heavy atom. The Balaban J connectivity index is 1.99. The molecule has 1 unspecified atom stereocenters. The molecule has 0 aliphatic carbocycles. The number of carbonyl (C=O) groups excluding carboxylic acids is 1. The van der Waals surface area contributed by atoms with E-state index >= 15 is 0 Å². The monoisotopic (exact) mass is 399 g/mol. The molecule has 0 saturated carbocycles. The third-order valence-corrected chi connectivity index (χ3v) is 4.99. The van der Waals surface area contributed by atoms with Crippen LogP contribution in [-0.4, -0.2) is 43.3 Å². The number of methoxy groups -OCH3 is 2. The lowest BCUT2D eigenvalue weighted by Gasteiger charge is -2.24. The summed E-state index contributed by atoms with van der Waals surface area (Å²) in [6, 6.07) is 7.78. The van der Waals surface area contributed by atoms with Gasteiger partial charge in [-0.05, 0) is 35.9 Å². The standard InChI is InChI=1S/C21H18FNO6/c1-27-15-5-3-11(9-16(15)28-2)18-17-19(25)13-10-12(22)4-6-14(13)29-20(17)21(26)23(18)7-8-24/h3-6,9-10,18,24H,7-8H2,1-2H3. The van der Waals surface area contributed by atoms with E-state index < -0.39 is 23.2 Å². The molecule has 0 spiro atoms. The number of benzene rings is 2. The maximum atomic E-state index is 13.7. The molecule has 2 heterocycles. The highest BCUT2D eigenvalue weighted by Gasteiger charge is 2.42. The predicted octanol–water partition coefficient (Wildman–Crippen LogP) is 2.49. The maximum Gasteiger partial charge on any atom is 0.290 e. The molecule has 1 aliphatic heterocycles. The quantitative estimate of drug-likeness (QED) is 0.709.